The van der Waals surface area contributed by atoms with Gasteiger partial charge in [-0.2, -0.15) is 0 Å². The number of benzene rings is 1. The molecule has 0 spiro atoms. The highest BCUT2D eigenvalue weighted by Gasteiger charge is 2.20. The molecule has 2 unspecified atom stereocenters. The van der Waals surface area contributed by atoms with E-state index in [1.54, 1.807) is 6.92 Å². The van der Waals surface area contributed by atoms with Gasteiger partial charge in [0.15, 0.2) is 0 Å². The highest BCUT2D eigenvalue weighted by Crippen LogP contribution is 2.14. The van der Waals surface area contributed by atoms with Crippen LogP contribution in [0.3, 0.4) is 0 Å². The predicted octanol–water partition coefficient (Wildman–Crippen LogP) is 1.68. The minimum atomic E-state index is -0.707. The maximum Gasteiger partial charge on any atom is 0.338 e. The van der Waals surface area contributed by atoms with Crippen molar-refractivity contribution < 1.29 is 28.6 Å². The topological polar surface area (TPSA) is 105 Å². The first-order valence-electron chi connectivity index (χ1n) is 7.62. The lowest BCUT2D eigenvalue weighted by Crippen LogP contribution is -2.38. The fourth-order valence-corrected chi connectivity index (χ4v) is 1.68. The van der Waals surface area contributed by atoms with E-state index in [2.05, 4.69) is 0 Å². The molecule has 0 saturated carbocycles. The molecule has 0 bridgehead atoms. The van der Waals surface area contributed by atoms with Crippen LogP contribution in [0.25, 0.3) is 0 Å². The monoisotopic (exact) mass is 337 g/mol. The summed E-state index contributed by atoms with van der Waals surface area (Å²) in [6.45, 7) is 6.45. The highest BCUT2D eigenvalue weighted by atomic mass is 16.6. The molecule has 2 atom stereocenters. The third kappa shape index (κ3) is 6.37. The minimum absolute atomic E-state index is 0.0360. The summed E-state index contributed by atoms with van der Waals surface area (Å²) in [5.41, 5.74) is 5.96. The molecule has 24 heavy (non-hydrogen) atoms. The SMILES string of the molecule is CC(=O)Oc1ccc(C(=O)OC(C)COC(=O)C(N)C(C)C)cc1. The highest BCUT2D eigenvalue weighted by molar-refractivity contribution is 5.89. The Morgan fingerprint density at radius 3 is 2.17 bits per heavy atom. The first-order valence-corrected chi connectivity index (χ1v) is 7.62. The zero-order valence-corrected chi connectivity index (χ0v) is 14.3. The average molecular weight is 337 g/mol. The quantitative estimate of drug-likeness (QED) is 0.596. The van der Waals surface area contributed by atoms with Gasteiger partial charge in [0.05, 0.1) is 5.56 Å². The van der Waals surface area contributed by atoms with Crippen LogP contribution < -0.4 is 10.5 Å². The van der Waals surface area contributed by atoms with Crippen molar-refractivity contribution in [3.63, 3.8) is 0 Å². The standard InChI is InChI=1S/C17H23NO6/c1-10(2)15(18)17(21)22-9-11(3)23-16(20)13-5-7-14(8-6-13)24-12(4)19/h5-8,10-11,15H,9,18H2,1-4H3. The van der Waals surface area contributed by atoms with E-state index in [0.717, 1.165) is 0 Å². The van der Waals surface area contributed by atoms with Crippen LogP contribution in [0.2, 0.25) is 0 Å². The predicted molar refractivity (Wildman–Crippen MR) is 86.4 cm³/mol. The largest absolute Gasteiger partial charge is 0.461 e. The Kier molecular flexibility index (Phi) is 7.38. The Morgan fingerprint density at radius 1 is 1.08 bits per heavy atom. The van der Waals surface area contributed by atoms with E-state index in [-0.39, 0.29) is 12.5 Å². The summed E-state index contributed by atoms with van der Waals surface area (Å²) in [6, 6.07) is 5.23. The second-order valence-corrected chi connectivity index (χ2v) is 5.73. The van der Waals surface area contributed by atoms with Crippen molar-refractivity contribution in [3.05, 3.63) is 29.8 Å². The van der Waals surface area contributed by atoms with Crippen molar-refractivity contribution in [2.75, 3.05) is 6.61 Å². The van der Waals surface area contributed by atoms with Gasteiger partial charge >= 0.3 is 17.9 Å². The van der Waals surface area contributed by atoms with Crippen molar-refractivity contribution in [2.24, 2.45) is 11.7 Å². The molecule has 7 heteroatoms. The maximum atomic E-state index is 12.0. The molecule has 0 aromatic heterocycles. The van der Waals surface area contributed by atoms with Gasteiger partial charge in [-0.1, -0.05) is 13.8 Å². The number of rotatable bonds is 7. The van der Waals surface area contributed by atoms with E-state index < -0.39 is 30.1 Å². The Morgan fingerprint density at radius 2 is 1.67 bits per heavy atom. The van der Waals surface area contributed by atoms with Gasteiger partial charge in [0.25, 0.3) is 0 Å². The van der Waals surface area contributed by atoms with Crippen molar-refractivity contribution in [2.45, 2.75) is 39.8 Å². The zero-order valence-electron chi connectivity index (χ0n) is 14.3. The van der Waals surface area contributed by atoms with Crippen LogP contribution in [-0.2, 0) is 19.1 Å². The number of ether oxygens (including phenoxy) is 3. The van der Waals surface area contributed by atoms with Crippen LogP contribution in [0.15, 0.2) is 24.3 Å². The Hall–Kier alpha value is -2.41. The van der Waals surface area contributed by atoms with E-state index in [0.29, 0.717) is 11.3 Å². The summed E-state index contributed by atoms with van der Waals surface area (Å²) in [5, 5.41) is 0. The van der Waals surface area contributed by atoms with E-state index in [1.807, 2.05) is 13.8 Å². The Bertz CT molecular complexity index is 581. The molecule has 0 aliphatic heterocycles. The summed E-state index contributed by atoms with van der Waals surface area (Å²) in [5.74, 6) is -1.24. The number of hydrogen-bond acceptors (Lipinski definition) is 7. The van der Waals surface area contributed by atoms with E-state index in [1.165, 1.54) is 31.2 Å². The van der Waals surface area contributed by atoms with Crippen LogP contribution in [-0.4, -0.2) is 36.7 Å². The number of esters is 3. The molecular weight excluding hydrogens is 314 g/mol. The first-order chi connectivity index (χ1) is 11.2. The molecule has 0 aliphatic rings. The molecule has 132 valence electrons. The molecule has 2 N–H and O–H groups in total. The van der Waals surface area contributed by atoms with Crippen LogP contribution >= 0.6 is 0 Å². The summed E-state index contributed by atoms with van der Waals surface area (Å²) < 4.78 is 15.1. The molecule has 7 nitrogen and oxygen atoms in total. The molecule has 1 rings (SSSR count). The summed E-state index contributed by atoms with van der Waals surface area (Å²) in [7, 11) is 0. The third-order valence-corrected chi connectivity index (χ3v) is 3.11. The van der Waals surface area contributed by atoms with Gasteiger partial charge in [0, 0.05) is 6.92 Å². The van der Waals surface area contributed by atoms with E-state index >= 15 is 0 Å². The average Bonchev–Trinajstić information content (AvgIpc) is 2.51. The smallest absolute Gasteiger partial charge is 0.338 e. The third-order valence-electron chi connectivity index (χ3n) is 3.11. The molecule has 1 aromatic rings. The lowest BCUT2D eigenvalue weighted by molar-refractivity contribution is -0.149. The molecule has 0 aliphatic carbocycles. The van der Waals surface area contributed by atoms with E-state index in [9.17, 15) is 14.4 Å². The lowest BCUT2D eigenvalue weighted by atomic mass is 10.1. The van der Waals surface area contributed by atoms with Crippen LogP contribution in [0.4, 0.5) is 0 Å². The maximum absolute atomic E-state index is 12.0. The Labute approximate surface area is 141 Å². The summed E-state index contributed by atoms with van der Waals surface area (Å²) in [4.78, 5) is 34.5. The van der Waals surface area contributed by atoms with Crippen molar-refractivity contribution in [1.82, 2.24) is 0 Å². The van der Waals surface area contributed by atoms with Gasteiger partial charge in [-0.25, -0.2) is 4.79 Å². The molecule has 0 saturated heterocycles. The van der Waals surface area contributed by atoms with Gasteiger partial charge in [-0.15, -0.1) is 0 Å². The second-order valence-electron chi connectivity index (χ2n) is 5.73. The van der Waals surface area contributed by atoms with Crippen molar-refractivity contribution >= 4 is 17.9 Å². The summed E-state index contributed by atoms with van der Waals surface area (Å²) >= 11 is 0. The lowest BCUT2D eigenvalue weighted by Gasteiger charge is -2.17. The second kappa shape index (κ2) is 9.02. The van der Waals surface area contributed by atoms with Crippen LogP contribution in [0.5, 0.6) is 5.75 Å². The van der Waals surface area contributed by atoms with Crippen LogP contribution in [0, 0.1) is 5.92 Å². The van der Waals surface area contributed by atoms with Gasteiger partial charge in [0.2, 0.25) is 0 Å². The number of carbonyl (C=O) groups is 3. The molecule has 0 radical (unpaired) electrons. The van der Waals surface area contributed by atoms with Gasteiger partial charge in [-0.3, -0.25) is 9.59 Å². The first kappa shape index (κ1) is 19.6. The fraction of sp³-hybridized carbons (Fsp3) is 0.471. The van der Waals surface area contributed by atoms with Crippen molar-refractivity contribution in [3.8, 4) is 5.75 Å². The Balaban J connectivity index is 2.49. The fourth-order valence-electron chi connectivity index (χ4n) is 1.68. The van der Waals surface area contributed by atoms with Crippen molar-refractivity contribution in [1.29, 1.82) is 0 Å². The minimum Gasteiger partial charge on any atom is -0.461 e. The van der Waals surface area contributed by atoms with Crippen LogP contribution in [0.1, 0.15) is 38.1 Å². The summed E-state index contributed by atoms with van der Waals surface area (Å²) in [6.07, 6.45) is -0.617. The van der Waals surface area contributed by atoms with Gasteiger partial charge < -0.3 is 19.9 Å². The normalized spacial score (nSPS) is 13.1. The van der Waals surface area contributed by atoms with Gasteiger partial charge in [0.1, 0.15) is 24.5 Å². The molecule has 1 aromatic carbocycles. The number of hydrogen-bond donors (Lipinski definition) is 1. The van der Waals surface area contributed by atoms with Gasteiger partial charge in [-0.05, 0) is 37.1 Å². The molecule has 0 fully saturated rings. The molecule has 0 amide bonds. The number of nitrogens with two attached hydrogens (primary N) is 1. The van der Waals surface area contributed by atoms with E-state index in [4.69, 9.17) is 19.9 Å². The molecular formula is C17H23NO6. The number of carbonyl (C=O) groups excluding carboxylic acids is 3. The molecule has 0 heterocycles. The zero-order chi connectivity index (χ0) is 18.3.